The van der Waals surface area contributed by atoms with E-state index in [2.05, 4.69) is 29.4 Å². The maximum absolute atomic E-state index is 5.82. The molecule has 0 aliphatic carbocycles. The molecule has 0 bridgehead atoms. The van der Waals surface area contributed by atoms with E-state index in [9.17, 15) is 0 Å². The number of hydrogen-bond acceptors (Lipinski definition) is 4. The van der Waals surface area contributed by atoms with Gasteiger partial charge in [0, 0.05) is 23.8 Å². The van der Waals surface area contributed by atoms with E-state index in [0.29, 0.717) is 6.04 Å². The van der Waals surface area contributed by atoms with Crippen molar-refractivity contribution in [3.05, 3.63) is 45.9 Å². The second-order valence-electron chi connectivity index (χ2n) is 4.40. The van der Waals surface area contributed by atoms with Crippen LogP contribution in [0.2, 0.25) is 0 Å². The fourth-order valence-electron chi connectivity index (χ4n) is 1.90. The van der Waals surface area contributed by atoms with Gasteiger partial charge < -0.3 is 11.1 Å². The fraction of sp³-hybridized carbons (Fsp3) is 0.357. The summed E-state index contributed by atoms with van der Waals surface area (Å²) in [6, 6.07) is 6.51. The topological polar surface area (TPSA) is 50.9 Å². The molecule has 0 fully saturated rings. The summed E-state index contributed by atoms with van der Waals surface area (Å²) in [4.78, 5) is 4.37. The first-order valence-corrected chi connectivity index (χ1v) is 7.06. The van der Waals surface area contributed by atoms with Gasteiger partial charge in [-0.15, -0.1) is 11.3 Å². The number of aromatic nitrogens is 1. The number of nitrogen functional groups attached to an aromatic ring is 1. The van der Waals surface area contributed by atoms with Crippen molar-refractivity contribution in [3.8, 4) is 0 Å². The molecule has 0 saturated carbocycles. The van der Waals surface area contributed by atoms with Crippen molar-refractivity contribution >= 4 is 17.0 Å². The number of nitrogens with two attached hydrogens (primary N) is 1. The van der Waals surface area contributed by atoms with Gasteiger partial charge in [0.15, 0.2) is 0 Å². The Morgan fingerprint density at radius 2 is 2.28 bits per heavy atom. The first-order valence-electron chi connectivity index (χ1n) is 6.18. The van der Waals surface area contributed by atoms with E-state index in [-0.39, 0.29) is 0 Å². The average molecular weight is 261 g/mol. The van der Waals surface area contributed by atoms with E-state index < -0.39 is 0 Å². The number of nitrogens with zero attached hydrogens (tertiary/aromatic N) is 1. The first kappa shape index (κ1) is 13.1. The third kappa shape index (κ3) is 3.09. The van der Waals surface area contributed by atoms with Crippen LogP contribution in [0.1, 0.15) is 35.5 Å². The molecule has 0 radical (unpaired) electrons. The van der Waals surface area contributed by atoms with Gasteiger partial charge in [-0.1, -0.05) is 19.1 Å². The molecular formula is C14H19N3S. The van der Waals surface area contributed by atoms with Crippen LogP contribution in [0.5, 0.6) is 0 Å². The summed E-state index contributed by atoms with van der Waals surface area (Å²) in [6.45, 7) is 5.06. The number of thiazole rings is 1. The molecule has 3 nitrogen and oxygen atoms in total. The van der Waals surface area contributed by atoms with Crippen molar-refractivity contribution in [2.75, 3.05) is 5.73 Å². The Morgan fingerprint density at radius 1 is 1.44 bits per heavy atom. The Morgan fingerprint density at radius 3 is 2.89 bits per heavy atom. The predicted molar refractivity (Wildman–Crippen MR) is 77.6 cm³/mol. The Labute approximate surface area is 112 Å². The number of hydrogen-bond donors (Lipinski definition) is 2. The summed E-state index contributed by atoms with van der Waals surface area (Å²) in [5, 5.41) is 6.72. The first-order chi connectivity index (χ1) is 8.70. The van der Waals surface area contributed by atoms with Crippen molar-refractivity contribution in [1.29, 1.82) is 0 Å². The Kier molecular flexibility index (Phi) is 4.33. The Balaban J connectivity index is 1.99. The van der Waals surface area contributed by atoms with E-state index in [1.807, 2.05) is 24.6 Å². The second-order valence-corrected chi connectivity index (χ2v) is 5.33. The van der Waals surface area contributed by atoms with Gasteiger partial charge in [-0.25, -0.2) is 4.98 Å². The summed E-state index contributed by atoms with van der Waals surface area (Å²) < 4.78 is 0. The third-order valence-electron chi connectivity index (χ3n) is 3.04. The molecule has 1 aromatic carbocycles. The second kappa shape index (κ2) is 5.98. The molecule has 96 valence electrons. The van der Waals surface area contributed by atoms with Crippen LogP contribution in [0.4, 0.5) is 5.69 Å². The average Bonchev–Trinajstić information content (AvgIpc) is 2.88. The van der Waals surface area contributed by atoms with E-state index in [1.165, 1.54) is 5.56 Å². The van der Waals surface area contributed by atoms with Crippen molar-refractivity contribution in [2.24, 2.45) is 0 Å². The van der Waals surface area contributed by atoms with Crippen molar-refractivity contribution < 1.29 is 0 Å². The minimum atomic E-state index is 0.336. The number of benzene rings is 1. The lowest BCUT2D eigenvalue weighted by Gasteiger charge is -2.15. The molecule has 0 aliphatic heterocycles. The summed E-state index contributed by atoms with van der Waals surface area (Å²) in [5.41, 5.74) is 9.07. The highest BCUT2D eigenvalue weighted by molar-refractivity contribution is 7.09. The summed E-state index contributed by atoms with van der Waals surface area (Å²) >= 11 is 1.70. The largest absolute Gasteiger partial charge is 0.399 e. The van der Waals surface area contributed by atoms with Crippen LogP contribution in [0.15, 0.2) is 29.8 Å². The van der Waals surface area contributed by atoms with Gasteiger partial charge in [-0.05, 0) is 30.5 Å². The summed E-state index contributed by atoms with van der Waals surface area (Å²) in [5.74, 6) is 0. The van der Waals surface area contributed by atoms with Crippen LogP contribution in [-0.2, 0) is 6.54 Å². The fourth-order valence-corrected chi connectivity index (χ4v) is 2.70. The quantitative estimate of drug-likeness (QED) is 0.812. The lowest BCUT2D eigenvalue weighted by Crippen LogP contribution is -2.20. The van der Waals surface area contributed by atoms with Gasteiger partial charge in [-0.3, -0.25) is 0 Å². The van der Waals surface area contributed by atoms with Crippen molar-refractivity contribution in [2.45, 2.75) is 32.9 Å². The molecule has 1 unspecified atom stereocenters. The highest BCUT2D eigenvalue weighted by Gasteiger charge is 2.10. The lowest BCUT2D eigenvalue weighted by atomic mass is 10.1. The van der Waals surface area contributed by atoms with Gasteiger partial charge in [0.2, 0.25) is 0 Å². The highest BCUT2D eigenvalue weighted by Crippen LogP contribution is 2.20. The zero-order chi connectivity index (χ0) is 13.0. The Bertz CT molecular complexity index is 494. The zero-order valence-corrected chi connectivity index (χ0v) is 11.6. The van der Waals surface area contributed by atoms with E-state index >= 15 is 0 Å². The molecule has 0 spiro atoms. The number of nitrogens with one attached hydrogen (secondary N) is 1. The van der Waals surface area contributed by atoms with Crippen LogP contribution in [0.3, 0.4) is 0 Å². The zero-order valence-electron chi connectivity index (χ0n) is 10.8. The summed E-state index contributed by atoms with van der Waals surface area (Å²) in [6.07, 6.45) is 2.90. The SMILES string of the molecule is CCC(NCc1ccc(N)c(C)c1)c1nccs1. The third-order valence-corrected chi connectivity index (χ3v) is 3.93. The van der Waals surface area contributed by atoms with Gasteiger partial charge in [0.05, 0.1) is 6.04 Å². The van der Waals surface area contributed by atoms with E-state index in [1.54, 1.807) is 11.3 Å². The molecule has 1 atom stereocenters. The number of anilines is 1. The number of aryl methyl sites for hydroxylation is 1. The highest BCUT2D eigenvalue weighted by atomic mass is 32.1. The molecule has 4 heteroatoms. The molecule has 2 aromatic rings. The van der Waals surface area contributed by atoms with E-state index in [0.717, 1.165) is 29.2 Å². The van der Waals surface area contributed by atoms with Crippen LogP contribution in [0, 0.1) is 6.92 Å². The maximum atomic E-state index is 5.82. The lowest BCUT2D eigenvalue weighted by molar-refractivity contribution is 0.516. The molecular weight excluding hydrogens is 242 g/mol. The van der Waals surface area contributed by atoms with Gasteiger partial charge in [0.25, 0.3) is 0 Å². The molecule has 0 amide bonds. The molecule has 1 heterocycles. The normalized spacial score (nSPS) is 12.6. The molecule has 0 aliphatic rings. The standard InChI is InChI=1S/C14H19N3S/c1-3-13(14-16-6-7-18-14)17-9-11-4-5-12(15)10(2)8-11/h4-8,13,17H,3,9,15H2,1-2H3. The summed E-state index contributed by atoms with van der Waals surface area (Å²) in [7, 11) is 0. The molecule has 0 saturated heterocycles. The van der Waals surface area contributed by atoms with Crippen molar-refractivity contribution in [3.63, 3.8) is 0 Å². The molecule has 3 N–H and O–H groups in total. The van der Waals surface area contributed by atoms with Crippen molar-refractivity contribution in [1.82, 2.24) is 10.3 Å². The van der Waals surface area contributed by atoms with Gasteiger partial charge in [0.1, 0.15) is 5.01 Å². The monoisotopic (exact) mass is 261 g/mol. The van der Waals surface area contributed by atoms with Gasteiger partial charge >= 0.3 is 0 Å². The molecule has 18 heavy (non-hydrogen) atoms. The molecule has 2 rings (SSSR count). The minimum Gasteiger partial charge on any atom is -0.399 e. The number of rotatable bonds is 5. The van der Waals surface area contributed by atoms with Gasteiger partial charge in [-0.2, -0.15) is 0 Å². The van der Waals surface area contributed by atoms with Crippen LogP contribution in [-0.4, -0.2) is 4.98 Å². The maximum Gasteiger partial charge on any atom is 0.109 e. The van der Waals surface area contributed by atoms with Crippen LogP contribution < -0.4 is 11.1 Å². The van der Waals surface area contributed by atoms with Crippen LogP contribution >= 0.6 is 11.3 Å². The predicted octanol–water partition coefficient (Wildman–Crippen LogP) is 3.27. The van der Waals surface area contributed by atoms with E-state index in [4.69, 9.17) is 5.73 Å². The van der Waals surface area contributed by atoms with Crippen LogP contribution in [0.25, 0.3) is 0 Å². The molecule has 1 aromatic heterocycles. The smallest absolute Gasteiger partial charge is 0.109 e. The minimum absolute atomic E-state index is 0.336. The Hall–Kier alpha value is -1.39.